The Balaban J connectivity index is 1.63. The number of carbonyl (C=O) groups excluding carboxylic acids is 1. The van der Waals surface area contributed by atoms with Gasteiger partial charge in [0.05, 0.1) is 18.9 Å². The van der Waals surface area contributed by atoms with Gasteiger partial charge in [0, 0.05) is 34.9 Å². The summed E-state index contributed by atoms with van der Waals surface area (Å²) >= 11 is 1.53. The van der Waals surface area contributed by atoms with Gasteiger partial charge in [-0.15, -0.1) is 11.3 Å². The van der Waals surface area contributed by atoms with Crippen molar-refractivity contribution < 1.29 is 18.8 Å². The van der Waals surface area contributed by atoms with Crippen molar-refractivity contribution in [3.8, 4) is 17.1 Å². The summed E-state index contributed by atoms with van der Waals surface area (Å²) in [4.78, 5) is 19.3. The molecule has 1 unspecified atom stereocenters. The second kappa shape index (κ2) is 8.12. The maximum Gasteiger partial charge on any atom is 0.411 e. The van der Waals surface area contributed by atoms with Crippen molar-refractivity contribution in [1.29, 1.82) is 0 Å². The third-order valence-corrected chi connectivity index (χ3v) is 6.06. The average Bonchev–Trinajstić information content (AvgIpc) is 3.40. The second-order valence-corrected chi connectivity index (χ2v) is 9.64. The molecule has 0 N–H and O–H groups in total. The van der Waals surface area contributed by atoms with Gasteiger partial charge in [-0.05, 0) is 47.6 Å². The molecule has 0 aromatic carbocycles. The van der Waals surface area contributed by atoms with Crippen molar-refractivity contribution in [2.75, 3.05) is 19.8 Å². The van der Waals surface area contributed by atoms with Crippen LogP contribution in [0.5, 0.6) is 0 Å². The van der Waals surface area contributed by atoms with Crippen LogP contribution in [0.2, 0.25) is 0 Å². The molecular weight excluding hydrogens is 416 g/mol. The first-order valence-electron chi connectivity index (χ1n) is 10.3. The molecule has 31 heavy (non-hydrogen) atoms. The summed E-state index contributed by atoms with van der Waals surface area (Å²) in [7, 11) is 0. The fraction of sp³-hybridized carbons (Fsp3) is 0.500. The van der Waals surface area contributed by atoms with Crippen LogP contribution in [-0.2, 0) is 9.47 Å². The van der Waals surface area contributed by atoms with Crippen molar-refractivity contribution in [3.05, 3.63) is 39.7 Å². The minimum absolute atomic E-state index is 0.260. The zero-order valence-corrected chi connectivity index (χ0v) is 19.6. The van der Waals surface area contributed by atoms with Crippen LogP contribution in [0.25, 0.3) is 17.1 Å². The molecule has 0 bridgehead atoms. The minimum atomic E-state index is -0.551. The molecule has 0 saturated carbocycles. The standard InChI is InChI=1S/C22H28N4O4S/c1-13-9-16(15(3)26(13)19-10-14(2)30-24-19)17-12-31-20(23-17)18-11-28-8-7-25(18)21(27)29-22(4,5)6/h9-10,12,18H,7-8,11H2,1-6H3. The summed E-state index contributed by atoms with van der Waals surface area (Å²) in [5.74, 6) is 1.52. The molecule has 3 aromatic rings. The third kappa shape index (κ3) is 4.38. The number of hydrogen-bond acceptors (Lipinski definition) is 7. The molecule has 1 amide bonds. The molecule has 0 spiro atoms. The number of amides is 1. The van der Waals surface area contributed by atoms with E-state index in [0.717, 1.165) is 39.2 Å². The largest absolute Gasteiger partial charge is 0.444 e. The third-order valence-electron chi connectivity index (χ3n) is 5.12. The normalized spacial score (nSPS) is 17.2. The highest BCUT2D eigenvalue weighted by molar-refractivity contribution is 7.10. The van der Waals surface area contributed by atoms with Gasteiger partial charge in [-0.3, -0.25) is 9.47 Å². The number of rotatable bonds is 3. The molecule has 0 aliphatic carbocycles. The number of aromatic nitrogens is 3. The van der Waals surface area contributed by atoms with Crippen molar-refractivity contribution >= 4 is 17.4 Å². The Kier molecular flexibility index (Phi) is 5.65. The summed E-state index contributed by atoms with van der Waals surface area (Å²) in [6.45, 7) is 12.9. The van der Waals surface area contributed by atoms with Crippen molar-refractivity contribution in [3.63, 3.8) is 0 Å². The smallest absolute Gasteiger partial charge is 0.411 e. The summed E-state index contributed by atoms with van der Waals surface area (Å²) in [6, 6.07) is 3.75. The van der Waals surface area contributed by atoms with Gasteiger partial charge < -0.3 is 14.0 Å². The number of carbonyl (C=O) groups is 1. The first kappa shape index (κ1) is 21.6. The summed E-state index contributed by atoms with van der Waals surface area (Å²) < 4.78 is 18.6. The van der Waals surface area contributed by atoms with Crippen molar-refractivity contribution in [2.24, 2.45) is 0 Å². The van der Waals surface area contributed by atoms with E-state index in [0.29, 0.717) is 19.8 Å². The van der Waals surface area contributed by atoms with Crippen molar-refractivity contribution in [2.45, 2.75) is 53.2 Å². The monoisotopic (exact) mass is 444 g/mol. The summed E-state index contributed by atoms with van der Waals surface area (Å²) in [5, 5.41) is 7.01. The maximum atomic E-state index is 12.7. The van der Waals surface area contributed by atoms with Crippen LogP contribution in [0.15, 0.2) is 22.0 Å². The van der Waals surface area contributed by atoms with E-state index >= 15 is 0 Å². The first-order chi connectivity index (χ1) is 14.6. The molecule has 4 heterocycles. The first-order valence-corrected chi connectivity index (χ1v) is 11.2. The lowest BCUT2D eigenvalue weighted by Gasteiger charge is -2.35. The highest BCUT2D eigenvalue weighted by Crippen LogP contribution is 2.34. The summed E-state index contributed by atoms with van der Waals surface area (Å²) in [6.07, 6.45) is -0.336. The van der Waals surface area contributed by atoms with Crippen LogP contribution in [0.1, 0.15) is 49.0 Å². The number of ether oxygens (including phenoxy) is 2. The van der Waals surface area contributed by atoms with Gasteiger partial charge in [0.2, 0.25) is 0 Å². The Morgan fingerprint density at radius 3 is 2.71 bits per heavy atom. The quantitative estimate of drug-likeness (QED) is 0.576. The minimum Gasteiger partial charge on any atom is -0.444 e. The van der Waals surface area contributed by atoms with E-state index in [1.165, 1.54) is 11.3 Å². The zero-order chi connectivity index (χ0) is 22.3. The molecule has 1 aliphatic rings. The molecule has 1 fully saturated rings. The molecule has 1 aliphatic heterocycles. The molecular formula is C22H28N4O4S. The number of morpholine rings is 1. The Labute approximate surface area is 185 Å². The fourth-order valence-electron chi connectivity index (χ4n) is 3.75. The molecule has 1 saturated heterocycles. The highest BCUT2D eigenvalue weighted by atomic mass is 32.1. The van der Waals surface area contributed by atoms with E-state index in [1.807, 2.05) is 53.0 Å². The van der Waals surface area contributed by atoms with Crippen LogP contribution < -0.4 is 0 Å². The number of aryl methyl sites for hydroxylation is 2. The van der Waals surface area contributed by atoms with Gasteiger partial charge in [-0.2, -0.15) is 0 Å². The van der Waals surface area contributed by atoms with Gasteiger partial charge in [0.15, 0.2) is 5.82 Å². The van der Waals surface area contributed by atoms with Gasteiger partial charge >= 0.3 is 6.09 Å². The van der Waals surface area contributed by atoms with Crippen LogP contribution in [0, 0.1) is 20.8 Å². The van der Waals surface area contributed by atoms with Gasteiger partial charge in [0.1, 0.15) is 22.4 Å². The van der Waals surface area contributed by atoms with E-state index in [1.54, 1.807) is 4.90 Å². The summed E-state index contributed by atoms with van der Waals surface area (Å²) in [5.41, 5.74) is 3.43. The number of nitrogens with zero attached hydrogens (tertiary/aromatic N) is 4. The van der Waals surface area contributed by atoms with Crippen LogP contribution >= 0.6 is 11.3 Å². The van der Waals surface area contributed by atoms with Gasteiger partial charge in [0.25, 0.3) is 0 Å². The van der Waals surface area contributed by atoms with Crippen LogP contribution in [0.4, 0.5) is 4.79 Å². The molecule has 3 aromatic heterocycles. The Hall–Kier alpha value is -2.65. The molecule has 1 atom stereocenters. The van der Waals surface area contributed by atoms with Crippen molar-refractivity contribution in [1.82, 2.24) is 19.6 Å². The van der Waals surface area contributed by atoms with E-state index in [-0.39, 0.29) is 12.1 Å². The molecule has 0 radical (unpaired) electrons. The Morgan fingerprint density at radius 1 is 1.26 bits per heavy atom. The van der Waals surface area contributed by atoms with E-state index < -0.39 is 5.60 Å². The molecule has 9 heteroatoms. The SMILES string of the molecule is Cc1cc(-n2c(C)cc(-c3csc(C4COCCN4C(=O)OC(C)(C)C)n3)c2C)no1. The number of hydrogen-bond donors (Lipinski definition) is 0. The predicted molar refractivity (Wildman–Crippen MR) is 118 cm³/mol. The topological polar surface area (TPSA) is 82.6 Å². The van der Waals surface area contributed by atoms with E-state index in [2.05, 4.69) is 15.8 Å². The molecule has 8 nitrogen and oxygen atoms in total. The zero-order valence-electron chi connectivity index (χ0n) is 18.8. The molecule has 4 rings (SSSR count). The highest BCUT2D eigenvalue weighted by Gasteiger charge is 2.34. The average molecular weight is 445 g/mol. The predicted octanol–water partition coefficient (Wildman–Crippen LogP) is 4.82. The van der Waals surface area contributed by atoms with E-state index in [9.17, 15) is 4.79 Å². The maximum absolute atomic E-state index is 12.7. The Morgan fingerprint density at radius 2 is 2.03 bits per heavy atom. The fourth-order valence-corrected chi connectivity index (χ4v) is 4.66. The lowest BCUT2D eigenvalue weighted by atomic mass is 10.2. The van der Waals surface area contributed by atoms with Crippen LogP contribution in [0.3, 0.4) is 0 Å². The van der Waals surface area contributed by atoms with Gasteiger partial charge in [-0.1, -0.05) is 5.16 Å². The number of thiazole rings is 1. The lowest BCUT2D eigenvalue weighted by molar-refractivity contribution is -0.0331. The van der Waals surface area contributed by atoms with Gasteiger partial charge in [-0.25, -0.2) is 9.78 Å². The lowest BCUT2D eigenvalue weighted by Crippen LogP contribution is -2.45. The Bertz CT molecular complexity index is 1090. The second-order valence-electron chi connectivity index (χ2n) is 8.75. The van der Waals surface area contributed by atoms with E-state index in [4.69, 9.17) is 19.0 Å². The van der Waals surface area contributed by atoms with Crippen LogP contribution in [-0.4, -0.2) is 51.1 Å². The molecule has 166 valence electrons.